The lowest BCUT2D eigenvalue weighted by Crippen LogP contribution is -2.00. The molecule has 74 valence electrons. The first-order valence-corrected chi connectivity index (χ1v) is 4.74. The highest BCUT2D eigenvalue weighted by Gasteiger charge is 2.05. The zero-order valence-corrected chi connectivity index (χ0v) is 8.44. The van der Waals surface area contributed by atoms with Crippen LogP contribution in [0.2, 0.25) is 0 Å². The van der Waals surface area contributed by atoms with Gasteiger partial charge in [0, 0.05) is 11.9 Å². The van der Waals surface area contributed by atoms with E-state index in [4.69, 9.17) is 5.73 Å². The summed E-state index contributed by atoms with van der Waals surface area (Å²) in [4.78, 5) is 8.34. The van der Waals surface area contributed by atoms with Crippen LogP contribution in [0.25, 0.3) is 5.78 Å². The first-order valence-electron chi connectivity index (χ1n) is 4.74. The Balaban J connectivity index is 2.50. The van der Waals surface area contributed by atoms with Crippen LogP contribution in [0, 0.1) is 5.92 Å². The van der Waals surface area contributed by atoms with Crippen LogP contribution in [-0.4, -0.2) is 14.4 Å². The molecule has 2 N–H and O–H groups in total. The quantitative estimate of drug-likeness (QED) is 0.781. The van der Waals surface area contributed by atoms with Crippen LogP contribution in [0.4, 0.5) is 5.69 Å². The Hall–Kier alpha value is -1.58. The molecule has 2 heterocycles. The largest absolute Gasteiger partial charge is 0.396 e. The topological polar surface area (TPSA) is 56.2 Å². The molecule has 0 radical (unpaired) electrons. The van der Waals surface area contributed by atoms with Gasteiger partial charge in [-0.2, -0.15) is 0 Å². The van der Waals surface area contributed by atoms with Crippen molar-refractivity contribution in [2.24, 2.45) is 5.92 Å². The predicted octanol–water partition coefficient (Wildman–Crippen LogP) is 1.51. The van der Waals surface area contributed by atoms with Crippen LogP contribution >= 0.6 is 0 Å². The second kappa shape index (κ2) is 3.29. The first-order chi connectivity index (χ1) is 6.66. The Labute approximate surface area is 82.8 Å². The van der Waals surface area contributed by atoms with Crippen molar-refractivity contribution in [3.63, 3.8) is 0 Å². The van der Waals surface area contributed by atoms with E-state index in [1.165, 1.54) is 0 Å². The van der Waals surface area contributed by atoms with E-state index < -0.39 is 0 Å². The van der Waals surface area contributed by atoms with E-state index in [1.54, 1.807) is 6.20 Å². The molecule has 4 heteroatoms. The number of nitrogens with zero attached hydrogens (tertiary/aromatic N) is 3. The number of hydrogen-bond donors (Lipinski definition) is 1. The highest BCUT2D eigenvalue weighted by molar-refractivity contribution is 5.40. The third-order valence-corrected chi connectivity index (χ3v) is 2.08. The number of nitrogens with two attached hydrogens (primary N) is 1. The number of hydrogen-bond acceptors (Lipinski definition) is 3. The van der Waals surface area contributed by atoms with Gasteiger partial charge in [-0.1, -0.05) is 13.8 Å². The molecular weight excluding hydrogens is 176 g/mol. The zero-order valence-electron chi connectivity index (χ0n) is 8.44. The van der Waals surface area contributed by atoms with Crippen LogP contribution < -0.4 is 5.73 Å². The van der Waals surface area contributed by atoms with Crippen molar-refractivity contribution in [2.75, 3.05) is 5.73 Å². The minimum atomic E-state index is 0.608. The second-order valence-electron chi connectivity index (χ2n) is 3.90. The van der Waals surface area contributed by atoms with E-state index in [1.807, 2.05) is 16.8 Å². The van der Waals surface area contributed by atoms with E-state index in [-0.39, 0.29) is 0 Å². The Morgan fingerprint density at radius 1 is 1.36 bits per heavy atom. The molecule has 0 fully saturated rings. The normalized spacial score (nSPS) is 11.4. The summed E-state index contributed by atoms with van der Waals surface area (Å²) >= 11 is 0. The minimum Gasteiger partial charge on any atom is -0.396 e. The van der Waals surface area contributed by atoms with Crippen molar-refractivity contribution in [3.05, 3.63) is 24.3 Å². The van der Waals surface area contributed by atoms with Gasteiger partial charge in [-0.15, -0.1) is 0 Å². The number of imidazole rings is 1. The molecule has 0 aliphatic heterocycles. The van der Waals surface area contributed by atoms with Crippen molar-refractivity contribution >= 4 is 11.5 Å². The van der Waals surface area contributed by atoms with E-state index in [0.717, 1.165) is 17.9 Å². The highest BCUT2D eigenvalue weighted by atomic mass is 15.1. The SMILES string of the molecule is CC(C)Cc1cnc2ncc(N)cn12. The molecule has 2 rings (SSSR count). The molecule has 2 aromatic rings. The Kier molecular flexibility index (Phi) is 2.11. The lowest BCUT2D eigenvalue weighted by Gasteiger charge is -2.04. The lowest BCUT2D eigenvalue weighted by atomic mass is 10.1. The van der Waals surface area contributed by atoms with Crippen LogP contribution in [0.3, 0.4) is 0 Å². The molecule has 0 spiro atoms. The molecule has 14 heavy (non-hydrogen) atoms. The minimum absolute atomic E-state index is 0.608. The van der Waals surface area contributed by atoms with Crippen LogP contribution in [0.15, 0.2) is 18.6 Å². The summed E-state index contributed by atoms with van der Waals surface area (Å²) in [5, 5.41) is 0. The van der Waals surface area contributed by atoms with Crippen molar-refractivity contribution < 1.29 is 0 Å². The van der Waals surface area contributed by atoms with Gasteiger partial charge in [0.05, 0.1) is 18.1 Å². The fourth-order valence-electron chi connectivity index (χ4n) is 1.51. The molecule has 0 aromatic carbocycles. The average molecular weight is 190 g/mol. The van der Waals surface area contributed by atoms with Gasteiger partial charge in [-0.3, -0.25) is 4.40 Å². The number of nitrogen functional groups attached to an aromatic ring is 1. The van der Waals surface area contributed by atoms with Gasteiger partial charge in [0.25, 0.3) is 0 Å². The van der Waals surface area contributed by atoms with E-state index in [2.05, 4.69) is 23.8 Å². The Bertz CT molecular complexity index is 444. The lowest BCUT2D eigenvalue weighted by molar-refractivity contribution is 0.631. The summed E-state index contributed by atoms with van der Waals surface area (Å²) < 4.78 is 1.95. The van der Waals surface area contributed by atoms with Crippen molar-refractivity contribution in [3.8, 4) is 0 Å². The Morgan fingerprint density at radius 2 is 2.07 bits per heavy atom. The maximum absolute atomic E-state index is 5.67. The standard InChI is InChI=1S/C10H14N4/c1-7(2)3-9-5-13-10-12-4-8(11)6-14(9)10/h4-7H,3,11H2,1-2H3. The molecule has 0 aliphatic rings. The van der Waals surface area contributed by atoms with Gasteiger partial charge in [0.15, 0.2) is 0 Å². The molecule has 0 aliphatic carbocycles. The summed E-state index contributed by atoms with van der Waals surface area (Å²) in [6.45, 7) is 4.36. The number of aromatic nitrogens is 3. The molecular formula is C10H14N4. The Morgan fingerprint density at radius 3 is 2.79 bits per heavy atom. The maximum atomic E-state index is 5.67. The molecule has 0 saturated carbocycles. The van der Waals surface area contributed by atoms with Gasteiger partial charge in [0.1, 0.15) is 0 Å². The van der Waals surface area contributed by atoms with Crippen LogP contribution in [-0.2, 0) is 6.42 Å². The molecule has 0 bridgehead atoms. The van der Waals surface area contributed by atoms with Gasteiger partial charge in [-0.05, 0) is 12.3 Å². The number of anilines is 1. The van der Waals surface area contributed by atoms with Crippen molar-refractivity contribution in [1.29, 1.82) is 0 Å². The van der Waals surface area contributed by atoms with Crippen LogP contribution in [0.1, 0.15) is 19.5 Å². The maximum Gasteiger partial charge on any atom is 0.234 e. The molecule has 4 nitrogen and oxygen atoms in total. The molecule has 2 aromatic heterocycles. The second-order valence-corrected chi connectivity index (χ2v) is 3.90. The zero-order chi connectivity index (χ0) is 10.1. The monoisotopic (exact) mass is 190 g/mol. The van der Waals surface area contributed by atoms with Gasteiger partial charge in [-0.25, -0.2) is 9.97 Å². The number of fused-ring (bicyclic) bond motifs is 1. The molecule has 0 unspecified atom stereocenters. The van der Waals surface area contributed by atoms with E-state index >= 15 is 0 Å². The van der Waals surface area contributed by atoms with Crippen molar-refractivity contribution in [1.82, 2.24) is 14.4 Å². The fraction of sp³-hybridized carbons (Fsp3) is 0.400. The summed E-state index contributed by atoms with van der Waals surface area (Å²) in [6.07, 6.45) is 6.35. The predicted molar refractivity (Wildman–Crippen MR) is 55.9 cm³/mol. The van der Waals surface area contributed by atoms with Gasteiger partial charge < -0.3 is 5.73 Å². The fourth-order valence-corrected chi connectivity index (χ4v) is 1.51. The summed E-state index contributed by atoms with van der Waals surface area (Å²) in [5.74, 6) is 1.33. The average Bonchev–Trinajstić information content (AvgIpc) is 2.47. The molecule has 0 saturated heterocycles. The molecule has 0 atom stereocenters. The number of rotatable bonds is 2. The van der Waals surface area contributed by atoms with E-state index in [0.29, 0.717) is 11.6 Å². The van der Waals surface area contributed by atoms with Gasteiger partial charge in [0.2, 0.25) is 5.78 Å². The van der Waals surface area contributed by atoms with Crippen molar-refractivity contribution in [2.45, 2.75) is 20.3 Å². The highest BCUT2D eigenvalue weighted by Crippen LogP contribution is 2.11. The smallest absolute Gasteiger partial charge is 0.234 e. The first kappa shape index (κ1) is 8.99. The summed E-state index contributed by atoms with van der Waals surface area (Å²) in [6, 6.07) is 0. The summed E-state index contributed by atoms with van der Waals surface area (Å²) in [5.41, 5.74) is 7.50. The molecule has 0 amide bonds. The third-order valence-electron chi connectivity index (χ3n) is 2.08. The van der Waals surface area contributed by atoms with Gasteiger partial charge >= 0.3 is 0 Å². The third kappa shape index (κ3) is 1.55. The summed E-state index contributed by atoms with van der Waals surface area (Å²) in [7, 11) is 0. The van der Waals surface area contributed by atoms with Crippen LogP contribution in [0.5, 0.6) is 0 Å². The van der Waals surface area contributed by atoms with E-state index in [9.17, 15) is 0 Å².